The molecule has 0 fully saturated rings. The van der Waals surface area contributed by atoms with Gasteiger partial charge in [0.2, 0.25) is 0 Å². The van der Waals surface area contributed by atoms with Crippen molar-refractivity contribution >= 4 is 11.0 Å². The number of para-hydroxylation sites is 2. The van der Waals surface area contributed by atoms with Crippen LogP contribution in [-0.2, 0) is 12.8 Å². The molecule has 4 rings (SSSR count). The fraction of sp³-hybridized carbons (Fsp3) is 0.429. The molecular weight excluding hydrogens is 322 g/mol. The quantitative estimate of drug-likeness (QED) is 0.572. The fourth-order valence-electron chi connectivity index (χ4n) is 3.90. The van der Waals surface area contributed by atoms with E-state index in [1.165, 1.54) is 24.1 Å². The first-order chi connectivity index (χ1) is 12.8. The van der Waals surface area contributed by atoms with Crippen LogP contribution in [0.15, 0.2) is 42.6 Å². The van der Waals surface area contributed by atoms with Crippen molar-refractivity contribution in [2.75, 3.05) is 6.54 Å². The Hall–Kier alpha value is -2.24. The minimum absolute atomic E-state index is 0.133. The van der Waals surface area contributed by atoms with Crippen LogP contribution in [0.3, 0.4) is 0 Å². The molecule has 0 amide bonds. The van der Waals surface area contributed by atoms with Gasteiger partial charge in [-0.25, -0.2) is 4.98 Å². The number of H-pyrrole nitrogens is 1. The van der Waals surface area contributed by atoms with Crippen LogP contribution in [0.2, 0.25) is 0 Å². The van der Waals surface area contributed by atoms with Crippen molar-refractivity contribution in [1.29, 1.82) is 0 Å². The number of rotatable bonds is 7. The Balaban J connectivity index is 1.23. The second-order valence-electron chi connectivity index (χ2n) is 7.25. The van der Waals surface area contributed by atoms with Gasteiger partial charge in [0.15, 0.2) is 0 Å². The number of nitrogens with one attached hydrogen (secondary N) is 2. The lowest BCUT2D eigenvalue weighted by Crippen LogP contribution is -2.29. The first kappa shape index (κ1) is 17.2. The zero-order valence-electron chi connectivity index (χ0n) is 15.1. The van der Waals surface area contributed by atoms with Crippen LogP contribution >= 0.6 is 0 Å². The van der Waals surface area contributed by atoms with Gasteiger partial charge in [-0.15, -0.1) is 0 Å². The topological polar surface area (TPSA) is 79.6 Å². The second-order valence-corrected chi connectivity index (χ2v) is 7.25. The third kappa shape index (κ3) is 3.94. The van der Waals surface area contributed by atoms with Crippen molar-refractivity contribution < 1.29 is 0 Å². The molecular formula is C21H27N5. The van der Waals surface area contributed by atoms with E-state index in [4.69, 9.17) is 5.73 Å². The number of imidazole rings is 1. The van der Waals surface area contributed by atoms with Gasteiger partial charge in [-0.1, -0.05) is 18.2 Å². The molecule has 1 aliphatic carbocycles. The highest BCUT2D eigenvalue weighted by Crippen LogP contribution is 2.27. The average Bonchev–Trinajstić information content (AvgIpc) is 3.07. The number of pyridine rings is 1. The minimum atomic E-state index is 0.133. The smallest absolute Gasteiger partial charge is 0.108 e. The van der Waals surface area contributed by atoms with Crippen LogP contribution in [0.25, 0.3) is 11.0 Å². The summed E-state index contributed by atoms with van der Waals surface area (Å²) in [6.07, 6.45) is 8.33. The molecule has 5 heteroatoms. The molecule has 0 bridgehead atoms. The highest BCUT2D eigenvalue weighted by molar-refractivity contribution is 5.74. The Bertz CT molecular complexity index is 823. The number of benzene rings is 1. The molecule has 0 saturated carbocycles. The van der Waals surface area contributed by atoms with Crippen molar-refractivity contribution in [3.05, 3.63) is 59.7 Å². The standard InChI is InChI=1S/C21H27N5/c22-16(14-20-25-17-9-1-2-10-18(17)26-20)8-5-12-23-19-11-3-6-15-7-4-13-24-21(15)19/h1-2,4,7,9-10,13,16,19,23H,3,5-6,8,11-12,14,22H2,(H,25,26)/t16?,19-/m1/s1. The Morgan fingerprint density at radius 3 is 3.08 bits per heavy atom. The zero-order valence-corrected chi connectivity index (χ0v) is 15.1. The maximum Gasteiger partial charge on any atom is 0.108 e. The molecule has 4 N–H and O–H groups in total. The van der Waals surface area contributed by atoms with E-state index in [-0.39, 0.29) is 6.04 Å². The minimum Gasteiger partial charge on any atom is -0.342 e. The molecule has 0 spiro atoms. The van der Waals surface area contributed by atoms with E-state index in [9.17, 15) is 0 Å². The summed E-state index contributed by atoms with van der Waals surface area (Å²) in [4.78, 5) is 12.6. The summed E-state index contributed by atoms with van der Waals surface area (Å²) >= 11 is 0. The van der Waals surface area contributed by atoms with Crippen LogP contribution in [0, 0.1) is 0 Å². The highest BCUT2D eigenvalue weighted by atomic mass is 14.9. The monoisotopic (exact) mass is 349 g/mol. The van der Waals surface area contributed by atoms with E-state index in [2.05, 4.69) is 32.4 Å². The van der Waals surface area contributed by atoms with E-state index in [0.717, 1.165) is 49.1 Å². The van der Waals surface area contributed by atoms with Crippen LogP contribution in [0.1, 0.15) is 48.8 Å². The summed E-state index contributed by atoms with van der Waals surface area (Å²) in [6.45, 7) is 0.981. The number of hydrogen-bond donors (Lipinski definition) is 3. The molecule has 1 aromatic carbocycles. The van der Waals surface area contributed by atoms with Crippen LogP contribution in [0.5, 0.6) is 0 Å². The summed E-state index contributed by atoms with van der Waals surface area (Å²) in [7, 11) is 0. The normalized spacial score (nSPS) is 18.0. The SMILES string of the molecule is NC(CCCN[C@@H]1CCCc2cccnc21)Cc1nc2ccccc2[nH]1. The molecule has 2 atom stereocenters. The van der Waals surface area contributed by atoms with Gasteiger partial charge in [0.25, 0.3) is 0 Å². The molecule has 1 aliphatic rings. The van der Waals surface area contributed by atoms with E-state index in [0.29, 0.717) is 6.04 Å². The lowest BCUT2D eigenvalue weighted by atomic mass is 9.92. The average molecular weight is 349 g/mol. The molecule has 0 aliphatic heterocycles. The molecule has 5 nitrogen and oxygen atoms in total. The Morgan fingerprint density at radius 1 is 1.23 bits per heavy atom. The van der Waals surface area contributed by atoms with Crippen molar-refractivity contribution in [2.45, 2.75) is 50.6 Å². The first-order valence-electron chi connectivity index (χ1n) is 9.66. The lowest BCUT2D eigenvalue weighted by Gasteiger charge is -2.25. The van der Waals surface area contributed by atoms with E-state index in [1.807, 2.05) is 30.5 Å². The predicted molar refractivity (Wildman–Crippen MR) is 105 cm³/mol. The van der Waals surface area contributed by atoms with Crippen molar-refractivity contribution in [2.24, 2.45) is 5.73 Å². The Labute approximate surface area is 154 Å². The second kappa shape index (κ2) is 7.98. The van der Waals surface area contributed by atoms with Gasteiger partial charge >= 0.3 is 0 Å². The van der Waals surface area contributed by atoms with Gasteiger partial charge in [0, 0.05) is 24.7 Å². The maximum absolute atomic E-state index is 6.32. The number of aromatic amines is 1. The molecule has 1 unspecified atom stereocenters. The van der Waals surface area contributed by atoms with Crippen LogP contribution < -0.4 is 11.1 Å². The van der Waals surface area contributed by atoms with Gasteiger partial charge in [-0.2, -0.15) is 0 Å². The molecule has 0 radical (unpaired) electrons. The van der Waals surface area contributed by atoms with Crippen molar-refractivity contribution in [3.63, 3.8) is 0 Å². The van der Waals surface area contributed by atoms with Gasteiger partial charge in [0.05, 0.1) is 16.7 Å². The largest absolute Gasteiger partial charge is 0.342 e. The summed E-state index contributed by atoms with van der Waals surface area (Å²) in [5, 5.41) is 3.68. The van der Waals surface area contributed by atoms with Crippen LogP contribution in [0.4, 0.5) is 0 Å². The molecule has 0 saturated heterocycles. The third-order valence-corrected chi connectivity index (χ3v) is 5.23. The number of fused-ring (bicyclic) bond motifs is 2. The number of hydrogen-bond acceptors (Lipinski definition) is 4. The molecule has 2 aromatic heterocycles. The maximum atomic E-state index is 6.32. The van der Waals surface area contributed by atoms with Gasteiger partial charge in [-0.3, -0.25) is 4.98 Å². The van der Waals surface area contributed by atoms with Gasteiger partial charge in [-0.05, 0) is 62.4 Å². The Kier molecular flexibility index (Phi) is 5.27. The summed E-state index contributed by atoms with van der Waals surface area (Å²) in [5.74, 6) is 0.983. The molecule has 26 heavy (non-hydrogen) atoms. The number of nitrogens with zero attached hydrogens (tertiary/aromatic N) is 2. The fourth-order valence-corrected chi connectivity index (χ4v) is 3.90. The third-order valence-electron chi connectivity index (χ3n) is 5.23. The van der Waals surface area contributed by atoms with E-state index < -0.39 is 0 Å². The first-order valence-corrected chi connectivity index (χ1v) is 9.66. The predicted octanol–water partition coefficient (Wildman–Crippen LogP) is 3.28. The van der Waals surface area contributed by atoms with Gasteiger partial charge in [0.1, 0.15) is 5.82 Å². The lowest BCUT2D eigenvalue weighted by molar-refractivity contribution is 0.433. The van der Waals surface area contributed by atoms with Crippen molar-refractivity contribution in [1.82, 2.24) is 20.3 Å². The summed E-state index contributed by atoms with van der Waals surface area (Å²) < 4.78 is 0. The summed E-state index contributed by atoms with van der Waals surface area (Å²) in [5.41, 5.74) is 11.1. The van der Waals surface area contributed by atoms with E-state index >= 15 is 0 Å². The summed E-state index contributed by atoms with van der Waals surface area (Å²) in [6, 6.07) is 12.9. The van der Waals surface area contributed by atoms with Gasteiger partial charge < -0.3 is 16.0 Å². The number of aryl methyl sites for hydroxylation is 1. The molecule has 136 valence electrons. The molecule has 2 heterocycles. The Morgan fingerprint density at radius 2 is 2.15 bits per heavy atom. The van der Waals surface area contributed by atoms with Crippen molar-refractivity contribution in [3.8, 4) is 0 Å². The number of nitrogens with two attached hydrogens (primary N) is 1. The van der Waals surface area contributed by atoms with Crippen LogP contribution in [-0.4, -0.2) is 27.5 Å². The zero-order chi connectivity index (χ0) is 17.8. The highest BCUT2D eigenvalue weighted by Gasteiger charge is 2.20. The molecule has 3 aromatic rings. The van der Waals surface area contributed by atoms with E-state index in [1.54, 1.807) is 0 Å². The number of aromatic nitrogens is 3.